The predicted molar refractivity (Wildman–Crippen MR) is 64.2 cm³/mol. The fraction of sp³-hybridized carbons (Fsp3) is 0.455. The Kier molecular flexibility index (Phi) is 3.24. The lowest BCUT2D eigenvalue weighted by Gasteiger charge is -2.08. The van der Waals surface area contributed by atoms with Gasteiger partial charge in [0.1, 0.15) is 5.75 Å². The van der Waals surface area contributed by atoms with E-state index in [0.717, 1.165) is 0 Å². The zero-order valence-electron chi connectivity index (χ0n) is 9.22. The maximum absolute atomic E-state index is 11.7. The third kappa shape index (κ3) is 2.52. The normalized spacial score (nSPS) is 22.2. The van der Waals surface area contributed by atoms with Crippen molar-refractivity contribution in [3.05, 3.63) is 27.1 Å². The second kappa shape index (κ2) is 4.52. The summed E-state index contributed by atoms with van der Waals surface area (Å²) in [5.41, 5.74) is -0.180. The first-order valence-electron chi connectivity index (χ1n) is 5.19. The highest BCUT2D eigenvalue weighted by molar-refractivity contribution is 9.10. The average Bonchev–Trinajstić information content (AvgIpc) is 3.02. The van der Waals surface area contributed by atoms with Crippen molar-refractivity contribution in [2.45, 2.75) is 13.0 Å². The van der Waals surface area contributed by atoms with Gasteiger partial charge in [0.2, 0.25) is 0 Å². The van der Waals surface area contributed by atoms with Crippen LogP contribution in [0.25, 0.3) is 0 Å². The summed E-state index contributed by atoms with van der Waals surface area (Å²) in [6.07, 6.45) is 2.28. The van der Waals surface area contributed by atoms with Crippen LogP contribution < -0.4 is 10.3 Å². The number of hydrogen-bond donors (Lipinski definition) is 1. The van der Waals surface area contributed by atoms with E-state index in [2.05, 4.69) is 15.9 Å². The van der Waals surface area contributed by atoms with E-state index >= 15 is 0 Å². The van der Waals surface area contributed by atoms with E-state index in [1.54, 1.807) is 6.20 Å². The van der Waals surface area contributed by atoms with Gasteiger partial charge in [0.05, 0.1) is 17.5 Å². The van der Waals surface area contributed by atoms with Crippen LogP contribution in [0.4, 0.5) is 0 Å². The topological polar surface area (TPSA) is 68.5 Å². The van der Waals surface area contributed by atoms with Crippen molar-refractivity contribution in [2.24, 2.45) is 11.8 Å². The lowest BCUT2D eigenvalue weighted by atomic mass is 10.3. The fourth-order valence-corrected chi connectivity index (χ4v) is 2.36. The lowest BCUT2D eigenvalue weighted by Crippen LogP contribution is -2.20. The third-order valence-electron chi connectivity index (χ3n) is 2.93. The maximum Gasteiger partial charge on any atom is 0.306 e. The molecule has 0 saturated heterocycles. The number of pyridine rings is 1. The van der Waals surface area contributed by atoms with Gasteiger partial charge in [-0.2, -0.15) is 0 Å². The number of hydrogen-bond acceptors (Lipinski definition) is 3. The van der Waals surface area contributed by atoms with Gasteiger partial charge in [-0.25, -0.2) is 0 Å². The zero-order chi connectivity index (χ0) is 12.6. The minimum absolute atomic E-state index is 0.0606. The molecule has 0 aromatic carbocycles. The van der Waals surface area contributed by atoms with E-state index < -0.39 is 5.97 Å². The van der Waals surface area contributed by atoms with Crippen molar-refractivity contribution < 1.29 is 14.6 Å². The van der Waals surface area contributed by atoms with Crippen LogP contribution >= 0.6 is 15.9 Å². The van der Waals surface area contributed by atoms with Crippen LogP contribution in [-0.4, -0.2) is 22.8 Å². The van der Waals surface area contributed by atoms with Crippen LogP contribution in [0.15, 0.2) is 21.5 Å². The van der Waals surface area contributed by atoms with Gasteiger partial charge >= 0.3 is 5.97 Å². The Labute approximate surface area is 106 Å². The van der Waals surface area contributed by atoms with Crippen LogP contribution in [0.1, 0.15) is 6.42 Å². The van der Waals surface area contributed by atoms with E-state index in [1.165, 1.54) is 17.7 Å². The van der Waals surface area contributed by atoms with E-state index in [0.29, 0.717) is 23.2 Å². The number of nitrogens with zero attached hydrogens (tertiary/aromatic N) is 1. The van der Waals surface area contributed by atoms with Gasteiger partial charge in [0.25, 0.3) is 5.56 Å². The highest BCUT2D eigenvalue weighted by atomic mass is 79.9. The summed E-state index contributed by atoms with van der Waals surface area (Å²) in [6, 6.07) is 1.39. The van der Waals surface area contributed by atoms with E-state index in [-0.39, 0.29) is 17.4 Å². The summed E-state index contributed by atoms with van der Waals surface area (Å²) >= 11 is 3.29. The van der Waals surface area contributed by atoms with Gasteiger partial charge in [0.15, 0.2) is 0 Å². The van der Waals surface area contributed by atoms with Crippen LogP contribution in [-0.2, 0) is 11.3 Å². The Hall–Kier alpha value is -1.30. The Morgan fingerprint density at radius 3 is 2.94 bits per heavy atom. The molecule has 1 aliphatic carbocycles. The predicted octanol–water partition coefficient (Wildman–Crippen LogP) is 1.34. The monoisotopic (exact) mass is 301 g/mol. The third-order valence-corrected chi connectivity index (χ3v) is 3.53. The van der Waals surface area contributed by atoms with Crippen molar-refractivity contribution in [1.29, 1.82) is 0 Å². The Balaban J connectivity index is 2.15. The molecule has 1 fully saturated rings. The first-order chi connectivity index (χ1) is 8.02. The number of methoxy groups -OCH3 is 1. The number of aromatic nitrogens is 1. The number of carboxylic acid groups (broad SMARTS) is 1. The quantitative estimate of drug-likeness (QED) is 0.911. The zero-order valence-corrected chi connectivity index (χ0v) is 10.8. The molecule has 1 saturated carbocycles. The SMILES string of the molecule is COc1cc(=O)n(C[C@@H]2C[C@H]2C(=O)O)cc1Br. The number of rotatable bonds is 4. The molecule has 1 N–H and O–H groups in total. The minimum Gasteiger partial charge on any atom is -0.495 e. The van der Waals surface area contributed by atoms with Crippen LogP contribution in [0.5, 0.6) is 5.75 Å². The summed E-state index contributed by atoms with van der Waals surface area (Å²) in [6.45, 7) is 0.443. The molecule has 92 valence electrons. The molecule has 1 heterocycles. The first-order valence-corrected chi connectivity index (χ1v) is 5.99. The molecule has 0 spiro atoms. The summed E-state index contributed by atoms with van der Waals surface area (Å²) < 4.78 is 7.21. The van der Waals surface area contributed by atoms with Crippen molar-refractivity contribution in [1.82, 2.24) is 4.57 Å². The van der Waals surface area contributed by atoms with Crippen molar-refractivity contribution in [2.75, 3.05) is 7.11 Å². The standard InChI is InChI=1S/C11H12BrNO4/c1-17-9-3-10(14)13(5-8(9)12)4-6-2-7(6)11(15)16/h3,5-7H,2,4H2,1H3,(H,15,16)/t6-,7+/m0/s1. The molecule has 0 amide bonds. The van der Waals surface area contributed by atoms with Crippen LogP contribution in [0, 0.1) is 11.8 Å². The van der Waals surface area contributed by atoms with E-state index in [4.69, 9.17) is 9.84 Å². The highest BCUT2D eigenvalue weighted by Crippen LogP contribution is 2.39. The molecular weight excluding hydrogens is 290 g/mol. The second-order valence-electron chi connectivity index (χ2n) is 4.12. The lowest BCUT2D eigenvalue weighted by molar-refractivity contribution is -0.138. The van der Waals surface area contributed by atoms with Gasteiger partial charge in [-0.15, -0.1) is 0 Å². The largest absolute Gasteiger partial charge is 0.495 e. The molecule has 2 atom stereocenters. The smallest absolute Gasteiger partial charge is 0.306 e. The summed E-state index contributed by atoms with van der Waals surface area (Å²) in [7, 11) is 1.49. The molecule has 5 nitrogen and oxygen atoms in total. The van der Waals surface area contributed by atoms with Gasteiger partial charge in [-0.1, -0.05) is 0 Å². The van der Waals surface area contributed by atoms with Gasteiger partial charge in [-0.3, -0.25) is 9.59 Å². The number of carboxylic acids is 1. The molecule has 17 heavy (non-hydrogen) atoms. The second-order valence-corrected chi connectivity index (χ2v) is 4.98. The molecular formula is C11H12BrNO4. The molecule has 0 radical (unpaired) electrons. The maximum atomic E-state index is 11.7. The Morgan fingerprint density at radius 1 is 1.71 bits per heavy atom. The minimum atomic E-state index is -0.782. The summed E-state index contributed by atoms with van der Waals surface area (Å²) in [4.78, 5) is 22.4. The molecule has 0 bridgehead atoms. The number of aliphatic carboxylic acids is 1. The number of ether oxygens (including phenoxy) is 1. The van der Waals surface area contributed by atoms with Crippen molar-refractivity contribution in [3.8, 4) is 5.75 Å². The Bertz CT molecular complexity index is 511. The molecule has 1 aromatic heterocycles. The van der Waals surface area contributed by atoms with Gasteiger partial charge in [0, 0.05) is 18.8 Å². The Morgan fingerprint density at radius 2 is 2.41 bits per heavy atom. The van der Waals surface area contributed by atoms with Gasteiger partial charge < -0.3 is 14.4 Å². The number of halogens is 1. The molecule has 1 aliphatic rings. The number of carbonyl (C=O) groups is 1. The van der Waals surface area contributed by atoms with E-state index in [1.807, 2.05) is 0 Å². The summed E-state index contributed by atoms with van der Waals surface area (Å²) in [5, 5.41) is 8.79. The molecule has 0 aliphatic heterocycles. The van der Waals surface area contributed by atoms with Crippen molar-refractivity contribution in [3.63, 3.8) is 0 Å². The molecule has 0 unspecified atom stereocenters. The van der Waals surface area contributed by atoms with Crippen LogP contribution in [0.2, 0.25) is 0 Å². The summed E-state index contributed by atoms with van der Waals surface area (Å²) in [5.74, 6) is -0.541. The molecule has 2 rings (SSSR count). The molecule has 1 aromatic rings. The van der Waals surface area contributed by atoms with Gasteiger partial charge in [-0.05, 0) is 28.3 Å². The first kappa shape index (κ1) is 12.2. The van der Waals surface area contributed by atoms with Crippen LogP contribution in [0.3, 0.4) is 0 Å². The average molecular weight is 302 g/mol. The van der Waals surface area contributed by atoms with E-state index in [9.17, 15) is 9.59 Å². The fourth-order valence-electron chi connectivity index (χ4n) is 1.83. The van der Waals surface area contributed by atoms with Crippen molar-refractivity contribution >= 4 is 21.9 Å². The highest BCUT2D eigenvalue weighted by Gasteiger charge is 2.43. The molecule has 6 heteroatoms.